The van der Waals surface area contributed by atoms with Crippen molar-refractivity contribution in [3.05, 3.63) is 71.7 Å². The summed E-state index contributed by atoms with van der Waals surface area (Å²) in [6.07, 6.45) is 2.94. The molecule has 0 aliphatic rings. The summed E-state index contributed by atoms with van der Waals surface area (Å²) in [5.41, 5.74) is 0.135. The number of nitrogens with two attached hydrogens (primary N) is 1. The maximum atomic E-state index is 12.9. The van der Waals surface area contributed by atoms with Crippen LogP contribution in [-0.4, -0.2) is 35.5 Å². The first kappa shape index (κ1) is 21.6. The van der Waals surface area contributed by atoms with E-state index in [1.165, 1.54) is 30.6 Å². The minimum Gasteiger partial charge on any atom is -0.478 e. The first-order chi connectivity index (χ1) is 15.7. The van der Waals surface area contributed by atoms with E-state index < -0.39 is 21.9 Å². The quantitative estimate of drug-likeness (QED) is 0.399. The zero-order valence-electron chi connectivity index (χ0n) is 16.5. The van der Waals surface area contributed by atoms with Gasteiger partial charge in [0.15, 0.2) is 11.3 Å². The lowest BCUT2D eigenvalue weighted by Crippen LogP contribution is -2.16. The number of carbonyl (C=O) groups excluding carboxylic acids is 1. The average Bonchev–Trinajstić information content (AvgIpc) is 3.21. The molecule has 0 saturated carbocycles. The number of amides is 1. The summed E-state index contributed by atoms with van der Waals surface area (Å²) in [5, 5.41) is 30.1. The molecule has 0 spiro atoms. The maximum absolute atomic E-state index is 12.9. The number of nitrogens with one attached hydrogen (secondary N) is 1. The van der Waals surface area contributed by atoms with Gasteiger partial charge in [-0.2, -0.15) is 5.26 Å². The van der Waals surface area contributed by atoms with Gasteiger partial charge in [0.05, 0.1) is 33.2 Å². The Morgan fingerprint density at radius 2 is 1.97 bits per heavy atom. The molecule has 4 aromatic rings. The molecule has 0 saturated heterocycles. The van der Waals surface area contributed by atoms with E-state index in [4.69, 9.17) is 14.9 Å². The van der Waals surface area contributed by atoms with Crippen LogP contribution in [0.25, 0.3) is 22.1 Å². The van der Waals surface area contributed by atoms with Crippen molar-refractivity contribution in [2.24, 2.45) is 5.14 Å². The van der Waals surface area contributed by atoms with Gasteiger partial charge in [-0.25, -0.2) is 18.4 Å². The average molecular weight is 463 g/mol. The first-order valence-corrected chi connectivity index (χ1v) is 10.7. The number of nitrogens with zero attached hydrogens (tertiary/aromatic N) is 3. The third-order valence-corrected chi connectivity index (χ3v) is 5.64. The summed E-state index contributed by atoms with van der Waals surface area (Å²) in [7, 11) is -4.16. The van der Waals surface area contributed by atoms with Gasteiger partial charge in [-0.15, -0.1) is 0 Å². The number of primary sulfonamides is 1. The third kappa shape index (κ3) is 4.13. The van der Waals surface area contributed by atoms with Crippen LogP contribution in [0.4, 0.5) is 5.69 Å². The van der Waals surface area contributed by atoms with Gasteiger partial charge >= 0.3 is 5.97 Å². The van der Waals surface area contributed by atoms with Crippen LogP contribution in [0.1, 0.15) is 26.4 Å². The Labute approximate surface area is 186 Å². The van der Waals surface area contributed by atoms with Crippen LogP contribution < -0.4 is 10.5 Å². The molecule has 11 nitrogen and oxygen atoms in total. The van der Waals surface area contributed by atoms with Crippen molar-refractivity contribution >= 4 is 38.6 Å². The van der Waals surface area contributed by atoms with Crippen LogP contribution in [0.5, 0.6) is 0 Å². The van der Waals surface area contributed by atoms with Crippen molar-refractivity contribution < 1.29 is 27.6 Å². The summed E-state index contributed by atoms with van der Waals surface area (Å²) in [4.78, 5) is 28.2. The Bertz CT molecular complexity index is 1570. The van der Waals surface area contributed by atoms with Crippen LogP contribution in [0.2, 0.25) is 0 Å². The van der Waals surface area contributed by atoms with E-state index in [0.717, 1.165) is 12.1 Å². The van der Waals surface area contributed by atoms with Crippen LogP contribution >= 0.6 is 0 Å². The van der Waals surface area contributed by atoms with E-state index in [1.54, 1.807) is 12.1 Å². The Morgan fingerprint density at radius 1 is 1.18 bits per heavy atom. The lowest BCUT2D eigenvalue weighted by atomic mass is 10.0. The highest BCUT2D eigenvalue weighted by molar-refractivity contribution is 7.89. The molecule has 33 heavy (non-hydrogen) atoms. The highest BCUT2D eigenvalue weighted by atomic mass is 32.2. The van der Waals surface area contributed by atoms with Gasteiger partial charge in [-0.1, -0.05) is 11.2 Å². The number of nitriles is 1. The van der Waals surface area contributed by atoms with Crippen molar-refractivity contribution in [2.45, 2.75) is 4.90 Å². The molecule has 0 fully saturated rings. The fourth-order valence-corrected chi connectivity index (χ4v) is 3.95. The van der Waals surface area contributed by atoms with Crippen LogP contribution in [0, 0.1) is 11.3 Å². The highest BCUT2D eigenvalue weighted by Gasteiger charge is 2.24. The zero-order valence-corrected chi connectivity index (χ0v) is 17.3. The predicted octanol–water partition coefficient (Wildman–Crippen LogP) is 2.36. The van der Waals surface area contributed by atoms with Crippen LogP contribution in [-0.2, 0) is 10.0 Å². The second-order valence-electron chi connectivity index (χ2n) is 6.79. The number of pyridine rings is 1. The van der Waals surface area contributed by atoms with Gasteiger partial charge in [0.25, 0.3) is 5.91 Å². The topological polar surface area (TPSA) is 189 Å². The normalized spacial score (nSPS) is 11.2. The lowest BCUT2D eigenvalue weighted by molar-refractivity contribution is 0.0698. The summed E-state index contributed by atoms with van der Waals surface area (Å²) in [5.74, 6) is -2.15. The van der Waals surface area contributed by atoms with Gasteiger partial charge in [0, 0.05) is 29.6 Å². The smallest absolute Gasteiger partial charge is 0.337 e. The predicted molar refractivity (Wildman–Crippen MR) is 115 cm³/mol. The SMILES string of the molecule is N#Cc1ccc(NC(=O)c2noc3cc(S(N)(=O)=O)c(-c4cccnc4)cc23)c(C(=O)O)c1. The third-order valence-electron chi connectivity index (χ3n) is 4.69. The second-order valence-corrected chi connectivity index (χ2v) is 8.32. The fraction of sp³-hybridized carbons (Fsp3) is 0. The van der Waals surface area contributed by atoms with Crippen molar-refractivity contribution in [2.75, 3.05) is 5.32 Å². The largest absolute Gasteiger partial charge is 0.478 e. The van der Waals surface area contributed by atoms with Crippen molar-refractivity contribution in [1.82, 2.24) is 10.1 Å². The number of rotatable bonds is 5. The van der Waals surface area contributed by atoms with Crippen LogP contribution in [0.3, 0.4) is 0 Å². The number of fused-ring (bicyclic) bond motifs is 1. The fourth-order valence-electron chi connectivity index (χ4n) is 3.19. The number of hydrogen-bond acceptors (Lipinski definition) is 8. The molecule has 1 amide bonds. The number of aromatic carboxylic acids is 1. The van der Waals surface area contributed by atoms with E-state index in [9.17, 15) is 23.1 Å². The van der Waals surface area contributed by atoms with Crippen LogP contribution in [0.15, 0.2) is 64.3 Å². The van der Waals surface area contributed by atoms with E-state index in [1.807, 2.05) is 6.07 Å². The zero-order chi connectivity index (χ0) is 23.8. The van der Waals surface area contributed by atoms with E-state index in [0.29, 0.717) is 5.56 Å². The Morgan fingerprint density at radius 3 is 2.61 bits per heavy atom. The van der Waals surface area contributed by atoms with Gasteiger partial charge in [-0.05, 0) is 30.3 Å². The van der Waals surface area contributed by atoms with Gasteiger partial charge < -0.3 is 14.9 Å². The molecule has 2 aromatic carbocycles. The monoisotopic (exact) mass is 463 g/mol. The number of benzene rings is 2. The first-order valence-electron chi connectivity index (χ1n) is 9.14. The molecule has 0 bridgehead atoms. The Hall–Kier alpha value is -4.60. The Kier molecular flexibility index (Phi) is 5.34. The molecule has 164 valence electrons. The molecule has 0 aliphatic heterocycles. The van der Waals surface area contributed by atoms with Gasteiger partial charge in [0.1, 0.15) is 0 Å². The summed E-state index contributed by atoms with van der Waals surface area (Å²) in [6.45, 7) is 0. The summed E-state index contributed by atoms with van der Waals surface area (Å²) >= 11 is 0. The number of carboxylic acid groups (broad SMARTS) is 1. The number of aromatic nitrogens is 2. The molecule has 12 heteroatoms. The molecule has 2 aromatic heterocycles. The highest BCUT2D eigenvalue weighted by Crippen LogP contribution is 2.33. The Balaban J connectivity index is 1.83. The molecular weight excluding hydrogens is 450 g/mol. The number of anilines is 1. The van der Waals surface area contributed by atoms with Crippen molar-refractivity contribution in [3.63, 3.8) is 0 Å². The molecule has 4 rings (SSSR count). The van der Waals surface area contributed by atoms with Gasteiger partial charge in [0.2, 0.25) is 10.0 Å². The molecule has 0 atom stereocenters. The summed E-state index contributed by atoms with van der Waals surface area (Å²) in [6, 6.07) is 11.3. The van der Waals surface area contributed by atoms with Crippen molar-refractivity contribution in [3.8, 4) is 17.2 Å². The summed E-state index contributed by atoms with van der Waals surface area (Å²) < 4.78 is 29.4. The second kappa shape index (κ2) is 8.15. The molecule has 0 aliphatic carbocycles. The number of sulfonamides is 1. The maximum Gasteiger partial charge on any atom is 0.337 e. The number of carboxylic acids is 1. The molecule has 2 heterocycles. The lowest BCUT2D eigenvalue weighted by Gasteiger charge is -2.09. The molecular formula is C21H13N5O6S. The number of carbonyl (C=O) groups is 2. The minimum atomic E-state index is -4.16. The van der Waals surface area contributed by atoms with E-state index in [-0.39, 0.29) is 43.9 Å². The number of hydrogen-bond donors (Lipinski definition) is 3. The van der Waals surface area contributed by atoms with E-state index >= 15 is 0 Å². The van der Waals surface area contributed by atoms with E-state index in [2.05, 4.69) is 15.5 Å². The molecule has 0 unspecified atom stereocenters. The van der Waals surface area contributed by atoms with Gasteiger partial charge in [-0.3, -0.25) is 9.78 Å². The molecule has 0 radical (unpaired) electrons. The standard InChI is InChI=1S/C21H13N5O6S/c22-9-11-3-4-16(14(6-11)21(28)29)25-20(27)19-15-7-13(12-2-1-5-24-10-12)18(33(23,30)31)8-17(15)32-26-19/h1-8,10H,(H,25,27)(H,28,29)(H2,23,30,31). The van der Waals surface area contributed by atoms with Crippen molar-refractivity contribution in [1.29, 1.82) is 5.26 Å². The minimum absolute atomic E-state index is 0.0184. The molecule has 4 N–H and O–H groups in total.